The summed E-state index contributed by atoms with van der Waals surface area (Å²) in [6, 6.07) is 9.01. The maximum absolute atomic E-state index is 12.8. The minimum atomic E-state index is -4.00. The van der Waals surface area contributed by atoms with Gasteiger partial charge in [0.1, 0.15) is 12.4 Å². The molecule has 0 atom stereocenters. The minimum absolute atomic E-state index is 0.203. The van der Waals surface area contributed by atoms with E-state index < -0.39 is 40.9 Å². The van der Waals surface area contributed by atoms with Crippen molar-refractivity contribution in [2.24, 2.45) is 0 Å². The molecule has 10 heteroatoms. The number of aryl methyl sites for hydroxylation is 1. The first-order valence-corrected chi connectivity index (χ1v) is 9.50. The van der Waals surface area contributed by atoms with E-state index in [4.69, 9.17) is 16.3 Å². The van der Waals surface area contributed by atoms with Gasteiger partial charge in [0, 0.05) is 10.7 Å². The third-order valence-electron chi connectivity index (χ3n) is 3.37. The van der Waals surface area contributed by atoms with Crippen LogP contribution in [-0.4, -0.2) is 33.4 Å². The molecule has 144 valence electrons. The number of amides is 1. The van der Waals surface area contributed by atoms with Crippen molar-refractivity contribution in [3.05, 3.63) is 58.9 Å². The van der Waals surface area contributed by atoms with Crippen LogP contribution in [0.25, 0.3) is 0 Å². The molecule has 0 aromatic heterocycles. The number of carbonyl (C=O) groups is 2. The van der Waals surface area contributed by atoms with Gasteiger partial charge in [0.15, 0.2) is 6.61 Å². The first-order chi connectivity index (χ1) is 12.7. The summed E-state index contributed by atoms with van der Waals surface area (Å²) < 4.78 is 43.5. The Bertz CT molecular complexity index is 948. The summed E-state index contributed by atoms with van der Waals surface area (Å²) in [5, 5.41) is 2.97. The summed E-state index contributed by atoms with van der Waals surface area (Å²) in [5.41, 5.74) is 1.24. The number of hydrogen-bond acceptors (Lipinski definition) is 5. The van der Waals surface area contributed by atoms with Crippen LogP contribution in [0.1, 0.15) is 5.56 Å². The zero-order valence-electron chi connectivity index (χ0n) is 14.2. The van der Waals surface area contributed by atoms with Crippen LogP contribution >= 0.6 is 11.6 Å². The lowest BCUT2D eigenvalue weighted by Gasteiger charge is -2.10. The first kappa shape index (κ1) is 20.8. The van der Waals surface area contributed by atoms with Crippen LogP contribution in [0.2, 0.25) is 5.02 Å². The second-order valence-electron chi connectivity index (χ2n) is 5.45. The van der Waals surface area contributed by atoms with Crippen LogP contribution in [0.3, 0.4) is 0 Å². The highest BCUT2D eigenvalue weighted by Gasteiger charge is 2.17. The molecule has 0 aliphatic carbocycles. The number of ether oxygens (including phenoxy) is 1. The molecule has 0 saturated heterocycles. The van der Waals surface area contributed by atoms with Crippen LogP contribution in [0.4, 0.5) is 10.1 Å². The summed E-state index contributed by atoms with van der Waals surface area (Å²) in [4.78, 5) is 23.3. The van der Waals surface area contributed by atoms with Gasteiger partial charge in [-0.2, -0.15) is 4.72 Å². The number of hydrogen-bond donors (Lipinski definition) is 2. The standard InChI is InChI=1S/C17H16ClFN2O5S/c1-11-2-3-12(18)8-15(11)21-16(22)10-26-17(23)9-20-27(24,25)14-6-4-13(19)5-7-14/h2-8,20H,9-10H2,1H3,(H,21,22). The lowest BCUT2D eigenvalue weighted by Crippen LogP contribution is -2.32. The Kier molecular flexibility index (Phi) is 6.89. The highest BCUT2D eigenvalue weighted by molar-refractivity contribution is 7.89. The Morgan fingerprint density at radius 1 is 1.15 bits per heavy atom. The molecule has 2 aromatic carbocycles. The normalized spacial score (nSPS) is 11.1. The van der Waals surface area contributed by atoms with E-state index in [1.807, 2.05) is 4.72 Å². The molecule has 0 aliphatic rings. The van der Waals surface area contributed by atoms with Gasteiger partial charge in [-0.25, -0.2) is 12.8 Å². The van der Waals surface area contributed by atoms with Crippen molar-refractivity contribution in [1.82, 2.24) is 4.72 Å². The van der Waals surface area contributed by atoms with Crippen molar-refractivity contribution >= 4 is 39.2 Å². The average molecular weight is 415 g/mol. The Morgan fingerprint density at radius 3 is 2.48 bits per heavy atom. The highest BCUT2D eigenvalue weighted by Crippen LogP contribution is 2.20. The molecule has 0 radical (unpaired) electrons. The summed E-state index contributed by atoms with van der Waals surface area (Å²) in [7, 11) is -4.00. The lowest BCUT2D eigenvalue weighted by atomic mass is 10.2. The summed E-state index contributed by atoms with van der Waals surface area (Å²) >= 11 is 5.85. The number of halogens is 2. The van der Waals surface area contributed by atoms with E-state index in [2.05, 4.69) is 5.32 Å². The maximum atomic E-state index is 12.8. The Morgan fingerprint density at radius 2 is 1.81 bits per heavy atom. The second kappa shape index (κ2) is 8.94. The highest BCUT2D eigenvalue weighted by atomic mass is 35.5. The van der Waals surface area contributed by atoms with Gasteiger partial charge in [0.25, 0.3) is 5.91 Å². The van der Waals surface area contributed by atoms with Gasteiger partial charge in [-0.15, -0.1) is 0 Å². The van der Waals surface area contributed by atoms with Gasteiger partial charge in [-0.3, -0.25) is 9.59 Å². The van der Waals surface area contributed by atoms with E-state index in [0.717, 1.165) is 29.8 Å². The van der Waals surface area contributed by atoms with Gasteiger partial charge in [0.2, 0.25) is 10.0 Å². The van der Waals surface area contributed by atoms with Crippen LogP contribution in [0.5, 0.6) is 0 Å². The van der Waals surface area contributed by atoms with Crippen molar-refractivity contribution in [2.45, 2.75) is 11.8 Å². The molecule has 0 saturated carbocycles. The number of esters is 1. The molecule has 27 heavy (non-hydrogen) atoms. The molecule has 0 aliphatic heterocycles. The number of sulfonamides is 1. The van der Waals surface area contributed by atoms with Crippen molar-refractivity contribution in [2.75, 3.05) is 18.5 Å². The molecule has 0 spiro atoms. The van der Waals surface area contributed by atoms with Crippen molar-refractivity contribution in [3.63, 3.8) is 0 Å². The molecule has 2 rings (SSSR count). The number of rotatable bonds is 7. The SMILES string of the molecule is Cc1ccc(Cl)cc1NC(=O)COC(=O)CNS(=O)(=O)c1ccc(F)cc1. The number of nitrogens with one attached hydrogen (secondary N) is 2. The number of carbonyl (C=O) groups excluding carboxylic acids is 2. The van der Waals surface area contributed by atoms with Crippen molar-refractivity contribution in [1.29, 1.82) is 0 Å². The van der Waals surface area contributed by atoms with Gasteiger partial charge in [0.05, 0.1) is 4.90 Å². The van der Waals surface area contributed by atoms with Crippen molar-refractivity contribution in [3.8, 4) is 0 Å². The minimum Gasteiger partial charge on any atom is -0.455 e. The van der Waals surface area contributed by atoms with E-state index in [-0.39, 0.29) is 4.90 Å². The van der Waals surface area contributed by atoms with E-state index in [1.165, 1.54) is 0 Å². The van der Waals surface area contributed by atoms with Gasteiger partial charge in [-0.1, -0.05) is 17.7 Å². The van der Waals surface area contributed by atoms with Crippen LogP contribution in [-0.2, 0) is 24.3 Å². The molecule has 7 nitrogen and oxygen atoms in total. The average Bonchev–Trinajstić information content (AvgIpc) is 2.62. The molecule has 0 bridgehead atoms. The Balaban J connectivity index is 1.82. The fourth-order valence-corrected chi connectivity index (χ4v) is 3.10. The maximum Gasteiger partial charge on any atom is 0.321 e. The molecule has 0 fully saturated rings. The van der Waals surface area contributed by atoms with E-state index in [0.29, 0.717) is 10.7 Å². The van der Waals surface area contributed by atoms with E-state index >= 15 is 0 Å². The third kappa shape index (κ3) is 6.31. The summed E-state index contributed by atoms with van der Waals surface area (Å²) in [6.07, 6.45) is 0. The quantitative estimate of drug-likeness (QED) is 0.676. The molecular weight excluding hydrogens is 399 g/mol. The first-order valence-electron chi connectivity index (χ1n) is 7.64. The van der Waals surface area contributed by atoms with E-state index in [9.17, 15) is 22.4 Å². The topological polar surface area (TPSA) is 102 Å². The largest absolute Gasteiger partial charge is 0.455 e. The molecular formula is C17H16ClFN2O5S. The molecule has 1 amide bonds. The molecule has 2 N–H and O–H groups in total. The van der Waals surface area contributed by atoms with Crippen LogP contribution < -0.4 is 10.0 Å². The van der Waals surface area contributed by atoms with Gasteiger partial charge >= 0.3 is 5.97 Å². The van der Waals surface area contributed by atoms with Gasteiger partial charge in [-0.05, 0) is 48.9 Å². The Labute approximate surface area is 160 Å². The lowest BCUT2D eigenvalue weighted by molar-refractivity contribution is -0.146. The molecule has 0 unspecified atom stereocenters. The van der Waals surface area contributed by atoms with Gasteiger partial charge < -0.3 is 10.1 Å². The van der Waals surface area contributed by atoms with Crippen LogP contribution in [0.15, 0.2) is 47.4 Å². The zero-order chi connectivity index (χ0) is 20.0. The van der Waals surface area contributed by atoms with Crippen molar-refractivity contribution < 1.29 is 27.1 Å². The predicted octanol–water partition coefficient (Wildman–Crippen LogP) is 2.25. The number of anilines is 1. The zero-order valence-corrected chi connectivity index (χ0v) is 15.7. The monoisotopic (exact) mass is 414 g/mol. The Hall–Kier alpha value is -2.49. The third-order valence-corrected chi connectivity index (χ3v) is 5.02. The number of benzene rings is 2. The molecule has 2 aromatic rings. The second-order valence-corrected chi connectivity index (χ2v) is 7.65. The smallest absolute Gasteiger partial charge is 0.321 e. The summed E-state index contributed by atoms with van der Waals surface area (Å²) in [6.45, 7) is 0.494. The predicted molar refractivity (Wildman–Crippen MR) is 97.4 cm³/mol. The van der Waals surface area contributed by atoms with Crippen LogP contribution in [0, 0.1) is 12.7 Å². The fourth-order valence-electron chi connectivity index (χ4n) is 1.96. The molecule has 0 heterocycles. The summed E-state index contributed by atoms with van der Waals surface area (Å²) in [5.74, 6) is -2.14. The fraction of sp³-hybridized carbons (Fsp3) is 0.176. The van der Waals surface area contributed by atoms with E-state index in [1.54, 1.807) is 25.1 Å².